The minimum Gasteiger partial charge on any atom is -0.493 e. The van der Waals surface area contributed by atoms with Crippen LogP contribution < -0.4 is 45.3 Å². The summed E-state index contributed by atoms with van der Waals surface area (Å²) in [6.07, 6.45) is 0.404. The van der Waals surface area contributed by atoms with Crippen LogP contribution in [0.1, 0.15) is 12.0 Å². The number of nitrogens with zero attached hydrogens (tertiary/aromatic N) is 1. The van der Waals surface area contributed by atoms with Gasteiger partial charge in [0.2, 0.25) is 23.4 Å². The molecule has 2 aromatic carbocycles. The van der Waals surface area contributed by atoms with E-state index < -0.39 is 0 Å². The van der Waals surface area contributed by atoms with Crippen LogP contribution in [0.15, 0.2) is 23.3 Å². The zero-order valence-corrected chi connectivity index (χ0v) is 19.6. The van der Waals surface area contributed by atoms with E-state index in [1.807, 2.05) is 0 Å². The summed E-state index contributed by atoms with van der Waals surface area (Å²) in [6, 6.07) is 5.36. The van der Waals surface area contributed by atoms with Crippen molar-refractivity contribution in [3.63, 3.8) is 0 Å². The van der Waals surface area contributed by atoms with E-state index in [1.54, 1.807) is 18.2 Å². The first-order valence-corrected chi connectivity index (χ1v) is 9.84. The van der Waals surface area contributed by atoms with Crippen molar-refractivity contribution < 1.29 is 33.2 Å². The molecule has 1 amide bonds. The Labute approximate surface area is 192 Å². The van der Waals surface area contributed by atoms with Crippen LogP contribution in [0, 0.1) is 0 Å². The average Bonchev–Trinajstić information content (AvgIpc) is 2.83. The van der Waals surface area contributed by atoms with Crippen molar-refractivity contribution in [2.75, 3.05) is 42.7 Å². The maximum Gasteiger partial charge on any atom is 0.240 e. The van der Waals surface area contributed by atoms with Gasteiger partial charge in [0.15, 0.2) is 23.0 Å². The molecule has 0 fully saturated rings. The molecule has 33 heavy (non-hydrogen) atoms. The van der Waals surface area contributed by atoms with E-state index >= 15 is 0 Å². The van der Waals surface area contributed by atoms with E-state index in [4.69, 9.17) is 39.9 Å². The largest absolute Gasteiger partial charge is 0.493 e. The molecule has 0 spiro atoms. The molecule has 180 valence electrons. The molecule has 0 bridgehead atoms. The van der Waals surface area contributed by atoms with E-state index in [0.717, 1.165) is 5.56 Å². The summed E-state index contributed by atoms with van der Waals surface area (Å²) in [7, 11) is 9.14. The number of methoxy groups -OCH3 is 6. The molecule has 0 saturated heterocycles. The molecule has 2 aromatic rings. The molecule has 0 radical (unpaired) electrons. The lowest BCUT2D eigenvalue weighted by molar-refractivity contribution is -0.121. The highest BCUT2D eigenvalue weighted by Gasteiger charge is 2.24. The Hall–Kier alpha value is -4.02. The maximum absolute atomic E-state index is 12.2. The fourth-order valence-electron chi connectivity index (χ4n) is 3.38. The maximum atomic E-state index is 12.2. The van der Waals surface area contributed by atoms with Gasteiger partial charge < -0.3 is 39.9 Å². The first-order chi connectivity index (χ1) is 15.8. The number of guanidine groups is 1. The Morgan fingerprint density at radius 3 is 1.76 bits per heavy atom. The third-order valence-electron chi connectivity index (χ3n) is 4.80. The number of carbonyl (C=O) groups is 1. The van der Waals surface area contributed by atoms with E-state index in [2.05, 4.69) is 10.5 Å². The molecular formula is C22H30N4O7. The van der Waals surface area contributed by atoms with Crippen LogP contribution in [0.3, 0.4) is 0 Å². The number of aryl methyl sites for hydroxylation is 1. The number of amides is 1. The lowest BCUT2D eigenvalue weighted by Crippen LogP contribution is -2.29. The smallest absolute Gasteiger partial charge is 0.240 e. The first-order valence-electron chi connectivity index (χ1n) is 9.84. The van der Waals surface area contributed by atoms with Crippen molar-refractivity contribution in [1.29, 1.82) is 0 Å². The highest BCUT2D eigenvalue weighted by Crippen LogP contribution is 2.50. The molecule has 0 aromatic heterocycles. The zero-order chi connectivity index (χ0) is 24.5. The van der Waals surface area contributed by atoms with Crippen molar-refractivity contribution in [2.45, 2.75) is 12.8 Å². The second kappa shape index (κ2) is 11.6. The van der Waals surface area contributed by atoms with Gasteiger partial charge in [0.25, 0.3) is 0 Å². The fraction of sp³-hybridized carbons (Fsp3) is 0.364. The highest BCUT2D eigenvalue weighted by molar-refractivity contribution is 5.84. The van der Waals surface area contributed by atoms with Crippen LogP contribution in [0.4, 0.5) is 0 Å². The number of hydrazone groups is 1. The Kier molecular flexibility index (Phi) is 8.84. The summed E-state index contributed by atoms with van der Waals surface area (Å²) in [5, 5.41) is 3.53. The van der Waals surface area contributed by atoms with Crippen LogP contribution in [-0.2, 0) is 11.2 Å². The van der Waals surface area contributed by atoms with Gasteiger partial charge in [-0.25, -0.2) is 5.43 Å². The Balaban J connectivity index is 2.71. The van der Waals surface area contributed by atoms with Gasteiger partial charge in [0.1, 0.15) is 0 Å². The number of hydrogen-bond acceptors (Lipinski definition) is 8. The van der Waals surface area contributed by atoms with Crippen molar-refractivity contribution in [2.24, 2.45) is 16.6 Å². The van der Waals surface area contributed by atoms with E-state index in [1.165, 1.54) is 42.7 Å². The topological polar surface area (TPSA) is 149 Å². The van der Waals surface area contributed by atoms with Crippen molar-refractivity contribution in [1.82, 2.24) is 5.43 Å². The second-order valence-electron chi connectivity index (χ2n) is 6.67. The number of nitrogens with two attached hydrogens (primary N) is 2. The second-order valence-corrected chi connectivity index (χ2v) is 6.67. The predicted octanol–water partition coefficient (Wildman–Crippen LogP) is 1.64. The van der Waals surface area contributed by atoms with E-state index in [0.29, 0.717) is 52.0 Å². The van der Waals surface area contributed by atoms with Gasteiger partial charge in [0, 0.05) is 12.0 Å². The molecule has 0 unspecified atom stereocenters. The Morgan fingerprint density at radius 2 is 1.30 bits per heavy atom. The standard InChI is InChI=1S/C22H30N4O7/c1-28-14-10-13(11-15(29-2)19(14)31-4)18-12(7-8-17(27)25-26-22(23)24)9-16(30-3)20(32-5)21(18)33-6/h9-11H,7-8H2,1-6H3,(H,25,27)(H4,23,24,26). The van der Waals surface area contributed by atoms with Gasteiger partial charge in [-0.15, -0.1) is 5.10 Å². The summed E-state index contributed by atoms with van der Waals surface area (Å²) < 4.78 is 33.2. The quantitative estimate of drug-likeness (QED) is 0.257. The molecule has 0 atom stereocenters. The monoisotopic (exact) mass is 462 g/mol. The predicted molar refractivity (Wildman–Crippen MR) is 123 cm³/mol. The van der Waals surface area contributed by atoms with Gasteiger partial charge in [-0.1, -0.05) is 0 Å². The average molecular weight is 463 g/mol. The van der Waals surface area contributed by atoms with Crippen molar-refractivity contribution in [3.05, 3.63) is 23.8 Å². The minimum atomic E-state index is -0.368. The van der Waals surface area contributed by atoms with Gasteiger partial charge in [-0.3, -0.25) is 4.79 Å². The molecule has 11 heteroatoms. The number of nitrogens with one attached hydrogen (secondary N) is 1. The third kappa shape index (κ3) is 5.62. The molecule has 0 saturated carbocycles. The normalized spacial score (nSPS) is 10.1. The summed E-state index contributed by atoms with van der Waals surface area (Å²) in [5.74, 6) is 2.03. The third-order valence-corrected chi connectivity index (χ3v) is 4.80. The highest BCUT2D eigenvalue weighted by atomic mass is 16.5. The molecule has 0 aliphatic carbocycles. The molecule has 0 aliphatic rings. The molecule has 0 aliphatic heterocycles. The number of hydrogen-bond donors (Lipinski definition) is 3. The molecule has 11 nitrogen and oxygen atoms in total. The first kappa shape index (κ1) is 25.2. The van der Waals surface area contributed by atoms with Crippen LogP contribution in [0.2, 0.25) is 0 Å². The van der Waals surface area contributed by atoms with Crippen LogP contribution in [0.25, 0.3) is 11.1 Å². The molecular weight excluding hydrogens is 432 g/mol. The van der Waals surface area contributed by atoms with Crippen LogP contribution >= 0.6 is 0 Å². The number of ether oxygens (including phenoxy) is 6. The molecule has 2 rings (SSSR count). The van der Waals surface area contributed by atoms with Gasteiger partial charge >= 0.3 is 0 Å². The summed E-state index contributed by atoms with van der Waals surface area (Å²) in [5.41, 5.74) is 14.9. The SMILES string of the molecule is COc1cc(-c2c(CCC(=O)NN=C(N)N)cc(OC)c(OC)c2OC)cc(OC)c1OC. The minimum absolute atomic E-state index is 0.0901. The number of carbonyl (C=O) groups excluding carboxylic acids is 1. The Morgan fingerprint density at radius 1 is 0.788 bits per heavy atom. The Bertz CT molecular complexity index is 995. The van der Waals surface area contributed by atoms with Crippen LogP contribution in [0.5, 0.6) is 34.5 Å². The fourth-order valence-corrected chi connectivity index (χ4v) is 3.38. The van der Waals surface area contributed by atoms with Crippen molar-refractivity contribution >= 4 is 11.9 Å². The lowest BCUT2D eigenvalue weighted by Gasteiger charge is -2.21. The zero-order valence-electron chi connectivity index (χ0n) is 19.6. The van der Waals surface area contributed by atoms with Gasteiger partial charge in [-0.2, -0.15) is 0 Å². The molecule has 0 heterocycles. The molecule has 5 N–H and O–H groups in total. The van der Waals surface area contributed by atoms with E-state index in [9.17, 15) is 4.79 Å². The van der Waals surface area contributed by atoms with Gasteiger partial charge in [0.05, 0.1) is 42.7 Å². The van der Waals surface area contributed by atoms with Gasteiger partial charge in [-0.05, 0) is 35.7 Å². The summed E-state index contributed by atoms with van der Waals surface area (Å²) in [6.45, 7) is 0. The van der Waals surface area contributed by atoms with E-state index in [-0.39, 0.29) is 18.3 Å². The summed E-state index contributed by atoms with van der Waals surface area (Å²) in [4.78, 5) is 12.2. The number of benzene rings is 2. The lowest BCUT2D eigenvalue weighted by atomic mass is 9.93. The number of rotatable bonds is 11. The van der Waals surface area contributed by atoms with Crippen LogP contribution in [-0.4, -0.2) is 54.5 Å². The summed E-state index contributed by atoms with van der Waals surface area (Å²) >= 11 is 0. The van der Waals surface area contributed by atoms with Crippen molar-refractivity contribution in [3.8, 4) is 45.6 Å².